The molecule has 0 aliphatic carbocycles. The lowest BCUT2D eigenvalue weighted by Gasteiger charge is -2.44. The van der Waals surface area contributed by atoms with Gasteiger partial charge < -0.3 is 24.2 Å². The number of carbonyl (C=O) groups excluding carboxylic acids is 2. The van der Waals surface area contributed by atoms with Crippen LogP contribution in [0.25, 0.3) is 0 Å². The number of rotatable bonds is 6. The maximum atomic E-state index is 14.0. The number of nitrogens with zero attached hydrogens (tertiary/aromatic N) is 3. The summed E-state index contributed by atoms with van der Waals surface area (Å²) in [5.74, 6) is 0.663. The van der Waals surface area contributed by atoms with Crippen LogP contribution >= 0.6 is 0 Å². The first-order chi connectivity index (χ1) is 18.5. The number of piperazine rings is 1. The van der Waals surface area contributed by atoms with Gasteiger partial charge in [-0.3, -0.25) is 9.59 Å². The van der Waals surface area contributed by atoms with Crippen LogP contribution in [0.1, 0.15) is 24.4 Å². The zero-order chi connectivity index (χ0) is 26.6. The molecule has 2 unspecified atom stereocenters. The lowest BCUT2D eigenvalue weighted by Crippen LogP contribution is -2.54. The molecule has 0 bridgehead atoms. The highest BCUT2D eigenvalue weighted by molar-refractivity contribution is 5.97. The SMILES string of the molecule is COc1ccc(N2CCN(C(=O)C3CCC(=O)N(c4ccc(OC)cc4)C3c3ccc(F)cc3)CC2)cc1. The molecule has 7 nitrogen and oxygen atoms in total. The van der Waals surface area contributed by atoms with Gasteiger partial charge in [-0.15, -0.1) is 0 Å². The summed E-state index contributed by atoms with van der Waals surface area (Å²) >= 11 is 0. The number of carbonyl (C=O) groups is 2. The van der Waals surface area contributed by atoms with E-state index in [2.05, 4.69) is 4.90 Å². The van der Waals surface area contributed by atoms with E-state index in [-0.39, 0.29) is 24.1 Å². The Balaban J connectivity index is 1.39. The minimum atomic E-state index is -0.530. The highest BCUT2D eigenvalue weighted by Crippen LogP contribution is 2.41. The first-order valence-corrected chi connectivity index (χ1v) is 12.9. The number of benzene rings is 3. The van der Waals surface area contributed by atoms with Gasteiger partial charge in [0.15, 0.2) is 0 Å². The van der Waals surface area contributed by atoms with Crippen molar-refractivity contribution in [3.63, 3.8) is 0 Å². The molecule has 0 N–H and O–H groups in total. The second-order valence-corrected chi connectivity index (χ2v) is 9.61. The summed E-state index contributed by atoms with van der Waals surface area (Å²) < 4.78 is 24.4. The van der Waals surface area contributed by atoms with Crippen molar-refractivity contribution in [2.45, 2.75) is 18.9 Å². The van der Waals surface area contributed by atoms with Crippen molar-refractivity contribution in [2.75, 3.05) is 50.2 Å². The van der Waals surface area contributed by atoms with Crippen molar-refractivity contribution in [2.24, 2.45) is 5.92 Å². The van der Waals surface area contributed by atoms with Gasteiger partial charge in [0.1, 0.15) is 17.3 Å². The number of anilines is 2. The number of methoxy groups -OCH3 is 2. The molecule has 2 aliphatic rings. The molecule has 3 aromatic carbocycles. The van der Waals surface area contributed by atoms with Crippen LogP contribution in [0.4, 0.5) is 15.8 Å². The van der Waals surface area contributed by atoms with Crippen LogP contribution in [0.15, 0.2) is 72.8 Å². The molecule has 0 aromatic heterocycles. The summed E-state index contributed by atoms with van der Waals surface area (Å²) in [4.78, 5) is 33.1. The Kier molecular flexibility index (Phi) is 7.49. The minimum absolute atomic E-state index is 0.0275. The summed E-state index contributed by atoms with van der Waals surface area (Å²) in [6.45, 7) is 2.61. The Morgan fingerprint density at radius 1 is 0.789 bits per heavy atom. The number of ether oxygens (including phenoxy) is 2. The number of hydrogen-bond donors (Lipinski definition) is 0. The lowest BCUT2D eigenvalue weighted by molar-refractivity contribution is -0.138. The zero-order valence-corrected chi connectivity index (χ0v) is 21.7. The van der Waals surface area contributed by atoms with E-state index in [1.165, 1.54) is 12.1 Å². The van der Waals surface area contributed by atoms with Crippen LogP contribution in [0.2, 0.25) is 0 Å². The molecule has 5 rings (SSSR count). The highest BCUT2D eigenvalue weighted by atomic mass is 19.1. The van der Waals surface area contributed by atoms with E-state index in [4.69, 9.17) is 9.47 Å². The van der Waals surface area contributed by atoms with E-state index in [1.807, 2.05) is 41.3 Å². The second-order valence-electron chi connectivity index (χ2n) is 9.61. The van der Waals surface area contributed by atoms with Gasteiger partial charge in [-0.2, -0.15) is 0 Å². The molecule has 8 heteroatoms. The van der Waals surface area contributed by atoms with Gasteiger partial charge in [0, 0.05) is 44.0 Å². The van der Waals surface area contributed by atoms with Crippen molar-refractivity contribution in [3.05, 3.63) is 84.2 Å². The normalized spacial score (nSPS) is 19.9. The molecule has 3 aromatic rings. The standard InChI is InChI=1S/C30H32FN3O4/c1-37-25-11-7-23(8-12-25)32-17-19-33(20-18-32)30(36)27-15-16-28(35)34(24-9-13-26(38-2)14-10-24)29(27)21-3-5-22(31)6-4-21/h3-14,27,29H,15-20H2,1-2H3. The van der Waals surface area contributed by atoms with Crippen LogP contribution < -0.4 is 19.3 Å². The third-order valence-electron chi connectivity index (χ3n) is 7.51. The molecule has 2 fully saturated rings. The highest BCUT2D eigenvalue weighted by Gasteiger charge is 2.43. The fourth-order valence-electron chi connectivity index (χ4n) is 5.45. The molecule has 0 radical (unpaired) electrons. The summed E-state index contributed by atoms with van der Waals surface area (Å²) in [7, 11) is 3.23. The fraction of sp³-hybridized carbons (Fsp3) is 0.333. The zero-order valence-electron chi connectivity index (χ0n) is 21.7. The molecule has 38 heavy (non-hydrogen) atoms. The largest absolute Gasteiger partial charge is 0.497 e. The summed E-state index contributed by atoms with van der Waals surface area (Å²) in [6, 6.07) is 20.8. The number of amides is 2. The summed E-state index contributed by atoms with van der Waals surface area (Å²) in [5, 5.41) is 0. The summed E-state index contributed by atoms with van der Waals surface area (Å²) in [5.41, 5.74) is 2.52. The topological polar surface area (TPSA) is 62.3 Å². The molecule has 2 saturated heterocycles. The fourth-order valence-corrected chi connectivity index (χ4v) is 5.45. The predicted octanol–water partition coefficient (Wildman–Crippen LogP) is 4.68. The molecule has 198 valence electrons. The molecular weight excluding hydrogens is 485 g/mol. The van der Waals surface area contributed by atoms with Gasteiger partial charge in [-0.1, -0.05) is 12.1 Å². The smallest absolute Gasteiger partial charge is 0.228 e. The Morgan fingerprint density at radius 2 is 1.34 bits per heavy atom. The van der Waals surface area contributed by atoms with E-state index in [1.54, 1.807) is 43.4 Å². The Hall–Kier alpha value is -4.07. The minimum Gasteiger partial charge on any atom is -0.497 e. The molecule has 0 spiro atoms. The molecule has 2 aliphatic heterocycles. The third kappa shape index (κ3) is 5.16. The predicted molar refractivity (Wildman–Crippen MR) is 144 cm³/mol. The van der Waals surface area contributed by atoms with Gasteiger partial charge in [0.25, 0.3) is 0 Å². The number of halogens is 1. The molecule has 2 atom stereocenters. The lowest BCUT2D eigenvalue weighted by atomic mass is 9.82. The Bertz CT molecular complexity index is 1260. The van der Waals surface area contributed by atoms with Crippen molar-refractivity contribution in [1.82, 2.24) is 4.90 Å². The molecule has 2 amide bonds. The molecular formula is C30H32FN3O4. The quantitative estimate of drug-likeness (QED) is 0.475. The van der Waals surface area contributed by atoms with Crippen molar-refractivity contribution in [1.29, 1.82) is 0 Å². The van der Waals surface area contributed by atoms with Crippen LogP contribution in [0.3, 0.4) is 0 Å². The van der Waals surface area contributed by atoms with Crippen molar-refractivity contribution in [3.8, 4) is 11.5 Å². The average molecular weight is 518 g/mol. The van der Waals surface area contributed by atoms with E-state index in [9.17, 15) is 14.0 Å². The van der Waals surface area contributed by atoms with Crippen LogP contribution in [-0.4, -0.2) is 57.1 Å². The van der Waals surface area contributed by atoms with Crippen molar-refractivity contribution < 1.29 is 23.5 Å². The van der Waals surface area contributed by atoms with E-state index in [0.717, 1.165) is 17.0 Å². The van der Waals surface area contributed by atoms with Crippen LogP contribution in [0, 0.1) is 11.7 Å². The van der Waals surface area contributed by atoms with Gasteiger partial charge >= 0.3 is 0 Å². The van der Waals surface area contributed by atoms with Gasteiger partial charge in [-0.05, 0) is 72.6 Å². The maximum Gasteiger partial charge on any atom is 0.228 e. The van der Waals surface area contributed by atoms with E-state index < -0.39 is 12.0 Å². The number of piperidine rings is 1. The van der Waals surface area contributed by atoms with Gasteiger partial charge in [0.2, 0.25) is 11.8 Å². The summed E-state index contributed by atoms with van der Waals surface area (Å²) in [6.07, 6.45) is 0.719. The number of hydrogen-bond acceptors (Lipinski definition) is 5. The first-order valence-electron chi connectivity index (χ1n) is 12.9. The van der Waals surface area contributed by atoms with E-state index in [0.29, 0.717) is 44.0 Å². The van der Waals surface area contributed by atoms with Gasteiger partial charge in [0.05, 0.1) is 26.2 Å². The van der Waals surface area contributed by atoms with Crippen LogP contribution in [0.5, 0.6) is 11.5 Å². The Morgan fingerprint density at radius 3 is 1.89 bits per heavy atom. The molecule has 2 heterocycles. The maximum absolute atomic E-state index is 14.0. The van der Waals surface area contributed by atoms with E-state index >= 15 is 0 Å². The Labute approximate surface area is 222 Å². The van der Waals surface area contributed by atoms with Crippen molar-refractivity contribution >= 4 is 23.2 Å². The van der Waals surface area contributed by atoms with Crippen LogP contribution in [-0.2, 0) is 9.59 Å². The third-order valence-corrected chi connectivity index (χ3v) is 7.51. The average Bonchev–Trinajstić information content (AvgIpc) is 2.97. The molecule has 0 saturated carbocycles. The van der Waals surface area contributed by atoms with Gasteiger partial charge in [-0.25, -0.2) is 4.39 Å². The second kappa shape index (κ2) is 11.1. The monoisotopic (exact) mass is 517 g/mol. The first kappa shape index (κ1) is 25.6.